The number of alkyl halides is 3. The van der Waals surface area contributed by atoms with Crippen molar-refractivity contribution in [3.8, 4) is 0 Å². The second-order valence-corrected chi connectivity index (χ2v) is 10.4. The first-order valence-corrected chi connectivity index (χ1v) is 13.9. The van der Waals surface area contributed by atoms with E-state index in [0.29, 0.717) is 37.6 Å². The summed E-state index contributed by atoms with van der Waals surface area (Å²) in [6, 6.07) is 15.4. The number of halogens is 3. The molecule has 0 unspecified atom stereocenters. The first kappa shape index (κ1) is 29.6. The molecule has 0 atom stereocenters. The predicted octanol–water partition coefficient (Wildman–Crippen LogP) is 7.02. The standard InChI is InChI=1S/C32H31F3N6O2/c1-4-29(42)39-26-11-10-24(14-20(26)3)38-31-36-17-22-18-41(13-12-27(22)40-31)28-16-25(9-8-19(28)2)37-30(43)21-6-5-7-23(15-21)32(33,34)35/h5-11,14-17H,4,12-13,18H2,1-3H3,(H,37,43)(H,39,42)(H,36,38,40). The van der Waals surface area contributed by atoms with Crippen molar-refractivity contribution in [1.29, 1.82) is 0 Å². The van der Waals surface area contributed by atoms with Crippen molar-refractivity contribution in [3.63, 3.8) is 0 Å². The number of rotatable bonds is 7. The van der Waals surface area contributed by atoms with Crippen LogP contribution in [0.5, 0.6) is 0 Å². The van der Waals surface area contributed by atoms with E-state index in [1.165, 1.54) is 12.1 Å². The summed E-state index contributed by atoms with van der Waals surface area (Å²) in [7, 11) is 0. The summed E-state index contributed by atoms with van der Waals surface area (Å²) in [6.45, 7) is 6.94. The second kappa shape index (κ2) is 12.1. The quantitative estimate of drug-likeness (QED) is 0.215. The van der Waals surface area contributed by atoms with Gasteiger partial charge in [0, 0.05) is 66.0 Å². The van der Waals surface area contributed by atoms with Crippen LogP contribution in [0.15, 0.2) is 66.9 Å². The van der Waals surface area contributed by atoms with Crippen LogP contribution in [-0.2, 0) is 23.9 Å². The van der Waals surface area contributed by atoms with Crippen molar-refractivity contribution in [2.75, 3.05) is 27.4 Å². The molecule has 0 spiro atoms. The molecule has 1 aliphatic rings. The van der Waals surface area contributed by atoms with Gasteiger partial charge in [-0.2, -0.15) is 13.2 Å². The maximum Gasteiger partial charge on any atom is 0.416 e. The van der Waals surface area contributed by atoms with Gasteiger partial charge >= 0.3 is 6.18 Å². The topological polar surface area (TPSA) is 99.2 Å². The molecule has 0 saturated carbocycles. The average molecular weight is 589 g/mol. The monoisotopic (exact) mass is 588 g/mol. The number of carbonyl (C=O) groups is 2. The molecule has 0 fully saturated rings. The fourth-order valence-electron chi connectivity index (χ4n) is 4.90. The smallest absolute Gasteiger partial charge is 0.366 e. The first-order chi connectivity index (χ1) is 20.5. The van der Waals surface area contributed by atoms with Gasteiger partial charge < -0.3 is 20.9 Å². The van der Waals surface area contributed by atoms with Crippen LogP contribution in [0.25, 0.3) is 0 Å². The number of nitrogens with zero attached hydrogens (tertiary/aromatic N) is 3. The number of carbonyl (C=O) groups excluding carboxylic acids is 2. The van der Waals surface area contributed by atoms with Gasteiger partial charge in [0.15, 0.2) is 0 Å². The minimum atomic E-state index is -4.53. The summed E-state index contributed by atoms with van der Waals surface area (Å²) in [5.74, 6) is -0.182. The van der Waals surface area contributed by atoms with Gasteiger partial charge in [0.25, 0.3) is 5.91 Å². The molecule has 0 saturated heterocycles. The van der Waals surface area contributed by atoms with Gasteiger partial charge in [0.1, 0.15) is 0 Å². The van der Waals surface area contributed by atoms with Gasteiger partial charge in [-0.1, -0.05) is 19.1 Å². The molecule has 8 nitrogen and oxygen atoms in total. The maximum absolute atomic E-state index is 13.1. The normalized spacial score (nSPS) is 12.8. The lowest BCUT2D eigenvalue weighted by Gasteiger charge is -2.31. The zero-order chi connectivity index (χ0) is 30.7. The Morgan fingerprint density at radius 2 is 1.74 bits per heavy atom. The molecule has 3 N–H and O–H groups in total. The van der Waals surface area contributed by atoms with Gasteiger partial charge in [-0.05, 0) is 73.5 Å². The molecule has 2 heterocycles. The van der Waals surface area contributed by atoms with Gasteiger partial charge in [0.05, 0.1) is 11.3 Å². The highest BCUT2D eigenvalue weighted by Gasteiger charge is 2.31. The van der Waals surface area contributed by atoms with Crippen molar-refractivity contribution in [2.45, 2.75) is 46.3 Å². The zero-order valence-electron chi connectivity index (χ0n) is 24.0. The largest absolute Gasteiger partial charge is 0.416 e. The highest BCUT2D eigenvalue weighted by atomic mass is 19.4. The Bertz CT molecular complexity index is 1690. The van der Waals surface area contributed by atoms with E-state index >= 15 is 0 Å². The Morgan fingerprint density at radius 1 is 0.953 bits per heavy atom. The summed E-state index contributed by atoms with van der Waals surface area (Å²) in [5.41, 5.74) is 5.84. The van der Waals surface area contributed by atoms with Crippen molar-refractivity contribution in [1.82, 2.24) is 9.97 Å². The van der Waals surface area contributed by atoms with Crippen LogP contribution >= 0.6 is 0 Å². The number of hydrogen-bond donors (Lipinski definition) is 3. The molecule has 222 valence electrons. The van der Waals surface area contributed by atoms with E-state index in [1.807, 2.05) is 44.2 Å². The van der Waals surface area contributed by atoms with Gasteiger partial charge in [-0.3, -0.25) is 9.59 Å². The molecular weight excluding hydrogens is 557 g/mol. The third kappa shape index (κ3) is 6.94. The summed E-state index contributed by atoms with van der Waals surface area (Å²) < 4.78 is 39.3. The molecule has 43 heavy (non-hydrogen) atoms. The van der Waals surface area contributed by atoms with Crippen molar-refractivity contribution in [3.05, 3.63) is 100 Å². The number of hydrogen-bond acceptors (Lipinski definition) is 6. The lowest BCUT2D eigenvalue weighted by molar-refractivity contribution is -0.137. The van der Waals surface area contributed by atoms with Crippen LogP contribution in [0.3, 0.4) is 0 Å². The number of anilines is 5. The molecule has 5 rings (SSSR count). The zero-order valence-corrected chi connectivity index (χ0v) is 24.0. The molecule has 0 bridgehead atoms. The number of aryl methyl sites for hydroxylation is 2. The molecule has 1 aromatic heterocycles. The number of fused-ring (bicyclic) bond motifs is 1. The van der Waals surface area contributed by atoms with Crippen molar-refractivity contribution >= 4 is 40.5 Å². The second-order valence-electron chi connectivity index (χ2n) is 10.4. The number of aromatic nitrogens is 2. The number of nitrogens with one attached hydrogen (secondary N) is 3. The molecule has 11 heteroatoms. The molecular formula is C32H31F3N6O2. The SMILES string of the molecule is CCC(=O)Nc1ccc(Nc2ncc3c(n2)CCN(c2cc(NC(=O)c4cccc(C(F)(F)F)c4)ccc2C)C3)cc1C. The molecule has 4 aromatic rings. The number of amides is 2. The van der Waals surface area contributed by atoms with E-state index < -0.39 is 17.6 Å². The Balaban J connectivity index is 1.27. The van der Waals surface area contributed by atoms with Crippen LogP contribution in [0.4, 0.5) is 41.9 Å². The predicted molar refractivity (Wildman–Crippen MR) is 161 cm³/mol. The lowest BCUT2D eigenvalue weighted by atomic mass is 10.0. The van der Waals surface area contributed by atoms with E-state index in [4.69, 9.17) is 4.98 Å². The minimum Gasteiger partial charge on any atom is -0.366 e. The highest BCUT2D eigenvalue weighted by molar-refractivity contribution is 6.04. The summed E-state index contributed by atoms with van der Waals surface area (Å²) in [5, 5.41) is 8.85. The lowest BCUT2D eigenvalue weighted by Crippen LogP contribution is -2.32. The van der Waals surface area contributed by atoms with Crippen molar-refractivity contribution in [2.24, 2.45) is 0 Å². The Morgan fingerprint density at radius 3 is 2.49 bits per heavy atom. The Hall–Kier alpha value is -4.93. The van der Waals surface area contributed by atoms with E-state index in [-0.39, 0.29) is 11.5 Å². The third-order valence-corrected chi connectivity index (χ3v) is 7.27. The van der Waals surface area contributed by atoms with Crippen LogP contribution in [0, 0.1) is 13.8 Å². The fourth-order valence-corrected chi connectivity index (χ4v) is 4.90. The van der Waals surface area contributed by atoms with Crippen LogP contribution in [0.1, 0.15) is 51.7 Å². The van der Waals surface area contributed by atoms with Gasteiger partial charge in [-0.25, -0.2) is 9.97 Å². The van der Waals surface area contributed by atoms with E-state index in [9.17, 15) is 22.8 Å². The number of benzene rings is 3. The van der Waals surface area contributed by atoms with Gasteiger partial charge in [-0.15, -0.1) is 0 Å². The van der Waals surface area contributed by atoms with E-state index in [0.717, 1.165) is 51.6 Å². The average Bonchev–Trinajstić information content (AvgIpc) is 2.98. The van der Waals surface area contributed by atoms with Crippen LogP contribution in [-0.4, -0.2) is 28.3 Å². The van der Waals surface area contributed by atoms with Crippen LogP contribution in [0.2, 0.25) is 0 Å². The summed E-state index contributed by atoms with van der Waals surface area (Å²) >= 11 is 0. The first-order valence-electron chi connectivity index (χ1n) is 13.9. The molecule has 0 radical (unpaired) electrons. The van der Waals surface area contributed by atoms with Crippen molar-refractivity contribution < 1.29 is 22.8 Å². The maximum atomic E-state index is 13.1. The summed E-state index contributed by atoms with van der Waals surface area (Å²) in [6.07, 6.45) is -1.65. The molecule has 2 amide bonds. The fraction of sp³-hybridized carbons (Fsp3) is 0.250. The molecule has 3 aromatic carbocycles. The third-order valence-electron chi connectivity index (χ3n) is 7.27. The summed E-state index contributed by atoms with van der Waals surface area (Å²) in [4.78, 5) is 35.9. The van der Waals surface area contributed by atoms with E-state index in [1.54, 1.807) is 19.2 Å². The molecule has 1 aliphatic heterocycles. The Labute approximate surface area is 247 Å². The minimum absolute atomic E-state index is 0.0438. The van der Waals surface area contributed by atoms with Crippen LogP contribution < -0.4 is 20.9 Å². The van der Waals surface area contributed by atoms with Gasteiger partial charge in [0.2, 0.25) is 11.9 Å². The Kier molecular flexibility index (Phi) is 8.33. The highest BCUT2D eigenvalue weighted by Crippen LogP contribution is 2.32. The molecule has 0 aliphatic carbocycles. The van der Waals surface area contributed by atoms with E-state index in [2.05, 4.69) is 25.8 Å².